The molecule has 3 rings (SSSR count). The van der Waals surface area contributed by atoms with Crippen LogP contribution in [0.2, 0.25) is 0 Å². The van der Waals surface area contributed by atoms with Crippen molar-refractivity contribution in [2.75, 3.05) is 26.2 Å². The van der Waals surface area contributed by atoms with Gasteiger partial charge in [0.05, 0.1) is 16.4 Å². The first-order valence-corrected chi connectivity index (χ1v) is 11.5. The Morgan fingerprint density at radius 1 is 0.938 bits per heavy atom. The zero-order valence-corrected chi connectivity index (χ0v) is 17.7. The van der Waals surface area contributed by atoms with Gasteiger partial charge in [0.2, 0.25) is 10.0 Å². The number of piperazine rings is 1. The molecule has 180 valence electrons. The van der Waals surface area contributed by atoms with E-state index in [0.717, 1.165) is 16.4 Å². The Kier molecular flexibility index (Phi) is 6.99. The minimum atomic E-state index is -4.58. The maximum atomic E-state index is 12.9. The number of hydrogen-bond donors (Lipinski definition) is 1. The predicted octanol–water partition coefficient (Wildman–Crippen LogP) is 3.84. The highest BCUT2D eigenvalue weighted by Crippen LogP contribution is 2.37. The Hall–Kier alpha value is -2.02. The molecule has 0 aromatic heterocycles. The van der Waals surface area contributed by atoms with Gasteiger partial charge in [-0.1, -0.05) is 6.42 Å². The molecule has 0 spiro atoms. The van der Waals surface area contributed by atoms with E-state index in [1.165, 1.54) is 4.90 Å². The lowest BCUT2D eigenvalue weighted by molar-refractivity contribution is -0.183. The molecule has 0 bridgehead atoms. The second-order valence-electron chi connectivity index (χ2n) is 7.96. The fraction of sp³-hybridized carbons (Fsp3) is 0.632. The number of rotatable bonds is 3. The van der Waals surface area contributed by atoms with E-state index in [2.05, 4.69) is 5.32 Å². The molecular weight excluding hydrogens is 464 g/mol. The molecule has 2 atom stereocenters. The summed E-state index contributed by atoms with van der Waals surface area (Å²) in [7, 11) is -4.04. The molecule has 1 aliphatic heterocycles. The van der Waals surface area contributed by atoms with E-state index < -0.39 is 45.9 Å². The number of alkyl halides is 6. The quantitative estimate of drug-likeness (QED) is 0.659. The van der Waals surface area contributed by atoms with E-state index >= 15 is 0 Å². The summed E-state index contributed by atoms with van der Waals surface area (Å²) in [6.07, 6.45) is -8.23. The molecule has 1 heterocycles. The van der Waals surface area contributed by atoms with Crippen molar-refractivity contribution in [3.05, 3.63) is 29.8 Å². The van der Waals surface area contributed by atoms with Gasteiger partial charge in [0.15, 0.2) is 0 Å². The number of urea groups is 1. The standard InChI is InChI=1S/C19H23F6N3O3S/c20-18(21,22)13-4-6-16(7-5-13)32(30,31)28-10-8-27(9-11-28)17(29)26-15-3-1-2-14(12-15)19(23,24)25/h4-7,14-15H,1-3,8-12H2,(H,26,29)/t14-,15-/m1/s1. The normalized spacial score (nSPS) is 23.8. The van der Waals surface area contributed by atoms with E-state index in [-0.39, 0.29) is 43.9 Å². The van der Waals surface area contributed by atoms with Crippen LogP contribution >= 0.6 is 0 Å². The van der Waals surface area contributed by atoms with Crippen LogP contribution < -0.4 is 5.32 Å². The van der Waals surface area contributed by atoms with Crippen molar-refractivity contribution in [2.45, 2.75) is 49.0 Å². The SMILES string of the molecule is O=C(N[C@@H]1CCC[C@@H](C(F)(F)F)C1)N1CCN(S(=O)(=O)c2ccc(C(F)(F)F)cc2)CC1. The Morgan fingerprint density at radius 2 is 1.53 bits per heavy atom. The van der Waals surface area contributed by atoms with Gasteiger partial charge in [-0.2, -0.15) is 30.6 Å². The van der Waals surface area contributed by atoms with Crippen molar-refractivity contribution in [2.24, 2.45) is 5.92 Å². The molecule has 1 aliphatic carbocycles. The van der Waals surface area contributed by atoms with Crippen LogP contribution in [0.4, 0.5) is 31.1 Å². The maximum absolute atomic E-state index is 12.9. The van der Waals surface area contributed by atoms with E-state index in [1.807, 2.05) is 0 Å². The summed E-state index contributed by atoms with van der Waals surface area (Å²) in [6, 6.07) is 2.00. The van der Waals surface area contributed by atoms with Crippen molar-refractivity contribution in [1.82, 2.24) is 14.5 Å². The van der Waals surface area contributed by atoms with Gasteiger partial charge >= 0.3 is 18.4 Å². The first-order valence-electron chi connectivity index (χ1n) is 10.1. The summed E-state index contributed by atoms with van der Waals surface area (Å²) >= 11 is 0. The van der Waals surface area contributed by atoms with E-state index in [0.29, 0.717) is 25.0 Å². The number of hydrogen-bond acceptors (Lipinski definition) is 3. The van der Waals surface area contributed by atoms with Gasteiger partial charge < -0.3 is 10.2 Å². The fourth-order valence-electron chi connectivity index (χ4n) is 3.98. The lowest BCUT2D eigenvalue weighted by Gasteiger charge is -2.36. The lowest BCUT2D eigenvalue weighted by atomic mass is 9.85. The smallest absolute Gasteiger partial charge is 0.335 e. The van der Waals surface area contributed by atoms with Crippen LogP contribution in [0.3, 0.4) is 0 Å². The molecular formula is C19H23F6N3O3S. The van der Waals surface area contributed by atoms with Crippen LogP contribution in [0.15, 0.2) is 29.2 Å². The van der Waals surface area contributed by atoms with Gasteiger partial charge in [0.25, 0.3) is 0 Å². The first kappa shape index (κ1) is 24.6. The van der Waals surface area contributed by atoms with Crippen LogP contribution in [0.25, 0.3) is 0 Å². The average molecular weight is 487 g/mol. The van der Waals surface area contributed by atoms with Crippen LogP contribution in [0, 0.1) is 5.92 Å². The molecule has 6 nitrogen and oxygen atoms in total. The molecule has 1 N–H and O–H groups in total. The van der Waals surface area contributed by atoms with Gasteiger partial charge in [-0.25, -0.2) is 13.2 Å². The number of carbonyl (C=O) groups excluding carboxylic acids is 1. The minimum Gasteiger partial charge on any atom is -0.335 e. The molecule has 2 fully saturated rings. The largest absolute Gasteiger partial charge is 0.416 e. The van der Waals surface area contributed by atoms with Crippen molar-refractivity contribution < 1.29 is 39.6 Å². The number of carbonyl (C=O) groups is 1. The highest BCUT2D eigenvalue weighted by Gasteiger charge is 2.42. The van der Waals surface area contributed by atoms with E-state index in [9.17, 15) is 39.6 Å². The molecule has 1 aromatic carbocycles. The summed E-state index contributed by atoms with van der Waals surface area (Å²) in [5.74, 6) is -1.45. The second kappa shape index (κ2) is 9.08. The molecule has 1 saturated heterocycles. The number of nitrogens with zero attached hydrogens (tertiary/aromatic N) is 2. The zero-order chi connectivity index (χ0) is 23.7. The van der Waals surface area contributed by atoms with Gasteiger partial charge in [-0.05, 0) is 43.5 Å². The summed E-state index contributed by atoms with van der Waals surface area (Å²) in [5, 5.41) is 2.61. The van der Waals surface area contributed by atoms with E-state index in [4.69, 9.17) is 0 Å². The monoisotopic (exact) mass is 487 g/mol. The predicted molar refractivity (Wildman–Crippen MR) is 102 cm³/mol. The number of nitrogens with one attached hydrogen (secondary N) is 1. The number of halogens is 6. The molecule has 2 amide bonds. The molecule has 1 saturated carbocycles. The first-order chi connectivity index (χ1) is 14.8. The molecule has 0 unspecified atom stereocenters. The third-order valence-electron chi connectivity index (χ3n) is 5.81. The van der Waals surface area contributed by atoms with Crippen LogP contribution in [0.1, 0.15) is 31.2 Å². The van der Waals surface area contributed by atoms with Crippen molar-refractivity contribution in [1.29, 1.82) is 0 Å². The maximum Gasteiger partial charge on any atom is 0.416 e. The Labute approximate surface area is 181 Å². The van der Waals surface area contributed by atoms with Gasteiger partial charge in [-0.15, -0.1) is 0 Å². The molecule has 13 heteroatoms. The van der Waals surface area contributed by atoms with Gasteiger partial charge in [0, 0.05) is 32.2 Å². The summed E-state index contributed by atoms with van der Waals surface area (Å²) in [4.78, 5) is 13.5. The molecule has 1 aromatic rings. The van der Waals surface area contributed by atoms with Gasteiger partial charge in [0.1, 0.15) is 0 Å². The highest BCUT2D eigenvalue weighted by atomic mass is 32.2. The number of sulfonamides is 1. The summed E-state index contributed by atoms with van der Waals surface area (Å²) in [6.45, 7) is -0.124. The topological polar surface area (TPSA) is 69.7 Å². The van der Waals surface area contributed by atoms with E-state index in [1.54, 1.807) is 0 Å². The van der Waals surface area contributed by atoms with Crippen molar-refractivity contribution in [3.63, 3.8) is 0 Å². The third kappa shape index (κ3) is 5.66. The lowest BCUT2D eigenvalue weighted by Crippen LogP contribution is -2.55. The molecule has 2 aliphatic rings. The Balaban J connectivity index is 1.55. The average Bonchev–Trinajstić information content (AvgIpc) is 2.73. The van der Waals surface area contributed by atoms with Crippen LogP contribution in [-0.4, -0.2) is 62.1 Å². The Morgan fingerprint density at radius 3 is 2.06 bits per heavy atom. The van der Waals surface area contributed by atoms with Gasteiger partial charge in [-0.3, -0.25) is 0 Å². The molecule has 32 heavy (non-hydrogen) atoms. The molecule has 0 radical (unpaired) electrons. The van der Waals surface area contributed by atoms with Crippen LogP contribution in [-0.2, 0) is 16.2 Å². The second-order valence-corrected chi connectivity index (χ2v) is 9.90. The zero-order valence-electron chi connectivity index (χ0n) is 16.9. The fourth-order valence-corrected chi connectivity index (χ4v) is 5.40. The third-order valence-corrected chi connectivity index (χ3v) is 7.72. The summed E-state index contributed by atoms with van der Waals surface area (Å²) in [5.41, 5.74) is -0.964. The van der Waals surface area contributed by atoms with Crippen LogP contribution in [0.5, 0.6) is 0 Å². The number of benzene rings is 1. The highest BCUT2D eigenvalue weighted by molar-refractivity contribution is 7.89. The van der Waals surface area contributed by atoms with Crippen molar-refractivity contribution in [3.8, 4) is 0 Å². The Bertz CT molecular complexity index is 910. The summed E-state index contributed by atoms with van der Waals surface area (Å²) < 4.78 is 103. The number of amides is 2. The minimum absolute atomic E-state index is 0.0150. The van der Waals surface area contributed by atoms with Crippen molar-refractivity contribution >= 4 is 16.1 Å².